The molecule has 0 atom stereocenters. The van der Waals surface area contributed by atoms with Gasteiger partial charge in [-0.1, -0.05) is 12.1 Å². The van der Waals surface area contributed by atoms with Crippen molar-refractivity contribution in [3.05, 3.63) is 93.3 Å². The van der Waals surface area contributed by atoms with Gasteiger partial charge in [-0.05, 0) is 43.7 Å². The number of aryl methyl sites for hydroxylation is 2. The van der Waals surface area contributed by atoms with Crippen LogP contribution >= 0.6 is 0 Å². The van der Waals surface area contributed by atoms with Gasteiger partial charge < -0.3 is 14.6 Å². The third-order valence-corrected chi connectivity index (χ3v) is 4.44. The predicted octanol–water partition coefficient (Wildman–Crippen LogP) is 3.87. The fourth-order valence-corrected chi connectivity index (χ4v) is 2.91. The normalized spacial score (nSPS) is 10.9. The van der Waals surface area contributed by atoms with Crippen LogP contribution in [0.1, 0.15) is 27.4 Å². The fourth-order valence-electron chi connectivity index (χ4n) is 2.91. The number of halogens is 1. The van der Waals surface area contributed by atoms with Crippen LogP contribution in [0.25, 0.3) is 5.65 Å². The van der Waals surface area contributed by atoms with Gasteiger partial charge in [0.15, 0.2) is 5.65 Å². The SMILES string of the molecule is Cc1cc2nc(COc3cccc(NC(=O)c4ccc(C)c(F)c4)c3)cc(=O)n2o1. The monoisotopic (exact) mass is 407 g/mol. The number of fused-ring (bicyclic) bond motifs is 1. The second kappa shape index (κ2) is 7.82. The Bertz CT molecular complexity index is 1310. The molecule has 4 rings (SSSR count). The van der Waals surface area contributed by atoms with E-state index >= 15 is 0 Å². The van der Waals surface area contributed by atoms with Crippen LogP contribution in [0.5, 0.6) is 5.75 Å². The Morgan fingerprint density at radius 2 is 2.00 bits per heavy atom. The molecule has 0 saturated heterocycles. The number of nitrogens with zero attached hydrogens (tertiary/aromatic N) is 2. The van der Waals surface area contributed by atoms with Gasteiger partial charge in [-0.2, -0.15) is 0 Å². The molecule has 0 bridgehead atoms. The molecule has 1 amide bonds. The van der Waals surface area contributed by atoms with Gasteiger partial charge in [0.05, 0.1) is 5.69 Å². The van der Waals surface area contributed by atoms with E-state index in [2.05, 4.69) is 10.3 Å². The van der Waals surface area contributed by atoms with Crippen molar-refractivity contribution in [1.29, 1.82) is 0 Å². The van der Waals surface area contributed by atoms with Crippen LogP contribution < -0.4 is 15.6 Å². The zero-order chi connectivity index (χ0) is 21.3. The average molecular weight is 407 g/mol. The van der Waals surface area contributed by atoms with Crippen LogP contribution in [0, 0.1) is 19.7 Å². The molecule has 2 heterocycles. The van der Waals surface area contributed by atoms with Crippen molar-refractivity contribution in [2.75, 3.05) is 5.32 Å². The number of rotatable bonds is 5. The molecular weight excluding hydrogens is 389 g/mol. The second-order valence-corrected chi connectivity index (χ2v) is 6.82. The lowest BCUT2D eigenvalue weighted by molar-refractivity contribution is 0.102. The maximum atomic E-state index is 13.7. The van der Waals surface area contributed by atoms with Crippen LogP contribution in [0.2, 0.25) is 0 Å². The predicted molar refractivity (Wildman–Crippen MR) is 108 cm³/mol. The zero-order valence-corrected chi connectivity index (χ0v) is 16.3. The molecule has 0 spiro atoms. The zero-order valence-electron chi connectivity index (χ0n) is 16.3. The minimum Gasteiger partial charge on any atom is -0.487 e. The summed E-state index contributed by atoms with van der Waals surface area (Å²) in [4.78, 5) is 28.8. The van der Waals surface area contributed by atoms with E-state index in [1.54, 1.807) is 56.3 Å². The van der Waals surface area contributed by atoms with E-state index in [-0.39, 0.29) is 17.7 Å². The van der Waals surface area contributed by atoms with Crippen molar-refractivity contribution >= 4 is 17.2 Å². The molecule has 2 aromatic carbocycles. The Labute approximate surface area is 170 Å². The van der Waals surface area contributed by atoms with Crippen molar-refractivity contribution in [3.8, 4) is 5.75 Å². The summed E-state index contributed by atoms with van der Waals surface area (Å²) >= 11 is 0. The fraction of sp³-hybridized carbons (Fsp3) is 0.136. The summed E-state index contributed by atoms with van der Waals surface area (Å²) < 4.78 is 25.8. The molecule has 8 heteroatoms. The molecule has 0 fully saturated rings. The van der Waals surface area contributed by atoms with Crippen molar-refractivity contribution in [2.45, 2.75) is 20.5 Å². The van der Waals surface area contributed by atoms with Gasteiger partial charge in [-0.25, -0.2) is 9.37 Å². The minimum atomic E-state index is -0.437. The van der Waals surface area contributed by atoms with Crippen molar-refractivity contribution in [3.63, 3.8) is 0 Å². The number of amides is 1. The van der Waals surface area contributed by atoms with Crippen LogP contribution in [0.4, 0.5) is 10.1 Å². The molecule has 0 aliphatic heterocycles. The highest BCUT2D eigenvalue weighted by Crippen LogP contribution is 2.20. The lowest BCUT2D eigenvalue weighted by Gasteiger charge is -2.09. The van der Waals surface area contributed by atoms with Crippen molar-refractivity contribution in [2.24, 2.45) is 0 Å². The van der Waals surface area contributed by atoms with Crippen molar-refractivity contribution in [1.82, 2.24) is 9.56 Å². The van der Waals surface area contributed by atoms with E-state index in [0.717, 1.165) is 4.57 Å². The first kappa shape index (κ1) is 19.4. The highest BCUT2D eigenvalue weighted by atomic mass is 19.1. The number of anilines is 1. The van der Waals surface area contributed by atoms with Crippen molar-refractivity contribution < 1.29 is 18.4 Å². The topological polar surface area (TPSA) is 85.8 Å². The average Bonchev–Trinajstić information content (AvgIpc) is 3.09. The summed E-state index contributed by atoms with van der Waals surface area (Å²) in [5, 5.41) is 2.71. The molecule has 152 valence electrons. The molecule has 4 aromatic rings. The number of hydrogen-bond acceptors (Lipinski definition) is 5. The highest BCUT2D eigenvalue weighted by Gasteiger charge is 2.10. The van der Waals surface area contributed by atoms with Gasteiger partial charge in [0.25, 0.3) is 11.5 Å². The van der Waals surface area contributed by atoms with E-state index < -0.39 is 11.7 Å². The summed E-state index contributed by atoms with van der Waals surface area (Å²) in [6.45, 7) is 3.43. The van der Waals surface area contributed by atoms with E-state index in [1.165, 1.54) is 12.1 Å². The number of aromatic nitrogens is 2. The third kappa shape index (κ3) is 4.07. The Balaban J connectivity index is 1.46. The molecule has 1 N–H and O–H groups in total. The Kier molecular flexibility index (Phi) is 5.05. The first-order valence-electron chi connectivity index (χ1n) is 9.19. The maximum absolute atomic E-state index is 13.7. The number of nitrogens with one attached hydrogen (secondary N) is 1. The third-order valence-electron chi connectivity index (χ3n) is 4.44. The molecule has 0 saturated carbocycles. The molecule has 0 aliphatic rings. The van der Waals surface area contributed by atoms with Gasteiger partial charge >= 0.3 is 0 Å². The quantitative estimate of drug-likeness (QED) is 0.543. The molecule has 0 unspecified atom stereocenters. The Morgan fingerprint density at radius 1 is 1.17 bits per heavy atom. The van der Waals surface area contributed by atoms with Gasteiger partial charge in [-0.15, -0.1) is 4.57 Å². The molecule has 7 nitrogen and oxygen atoms in total. The standard InChI is InChI=1S/C22H18FN3O4/c1-13-6-7-15(9-19(13)23)22(28)25-16-4-3-5-18(10-16)29-12-17-11-21(27)26-20(24-17)8-14(2)30-26/h3-11H,12H2,1-2H3,(H,25,28). The van der Waals surface area contributed by atoms with E-state index in [0.29, 0.717) is 34.1 Å². The molecule has 30 heavy (non-hydrogen) atoms. The van der Waals surface area contributed by atoms with Crippen LogP contribution in [0.3, 0.4) is 0 Å². The summed E-state index contributed by atoms with van der Waals surface area (Å²) in [7, 11) is 0. The Hall–Kier alpha value is -3.94. The van der Waals surface area contributed by atoms with Gasteiger partial charge in [0, 0.05) is 29.4 Å². The summed E-state index contributed by atoms with van der Waals surface area (Å²) in [6, 6.07) is 14.1. The van der Waals surface area contributed by atoms with E-state index in [1.807, 2.05) is 0 Å². The number of benzene rings is 2. The minimum absolute atomic E-state index is 0.0660. The summed E-state index contributed by atoms with van der Waals surface area (Å²) in [5.74, 6) is 0.192. The lowest BCUT2D eigenvalue weighted by atomic mass is 10.1. The number of hydrogen-bond donors (Lipinski definition) is 1. The van der Waals surface area contributed by atoms with Crippen LogP contribution in [-0.2, 0) is 6.61 Å². The second-order valence-electron chi connectivity index (χ2n) is 6.82. The van der Waals surface area contributed by atoms with E-state index in [9.17, 15) is 14.0 Å². The highest BCUT2D eigenvalue weighted by molar-refractivity contribution is 6.04. The molecule has 0 radical (unpaired) electrons. The smallest absolute Gasteiger partial charge is 0.287 e. The van der Waals surface area contributed by atoms with Gasteiger partial charge in [0.1, 0.15) is 23.9 Å². The van der Waals surface area contributed by atoms with E-state index in [4.69, 9.17) is 9.26 Å². The van der Waals surface area contributed by atoms with Gasteiger partial charge in [0.2, 0.25) is 0 Å². The molecular formula is C22H18FN3O4. The largest absolute Gasteiger partial charge is 0.487 e. The lowest BCUT2D eigenvalue weighted by Crippen LogP contribution is -2.14. The Morgan fingerprint density at radius 3 is 2.80 bits per heavy atom. The van der Waals surface area contributed by atoms with Gasteiger partial charge in [-0.3, -0.25) is 9.59 Å². The number of carbonyl (C=O) groups excluding carboxylic acids is 1. The molecule has 0 aliphatic carbocycles. The van der Waals surface area contributed by atoms with Crippen LogP contribution in [0.15, 0.2) is 63.9 Å². The number of carbonyl (C=O) groups is 1. The maximum Gasteiger partial charge on any atom is 0.287 e. The molecule has 2 aromatic heterocycles. The summed E-state index contributed by atoms with van der Waals surface area (Å²) in [5.41, 5.74) is 1.71. The summed E-state index contributed by atoms with van der Waals surface area (Å²) in [6.07, 6.45) is 0. The first-order valence-corrected chi connectivity index (χ1v) is 9.19. The first-order chi connectivity index (χ1) is 14.4. The number of ether oxygens (including phenoxy) is 1. The van der Waals surface area contributed by atoms with Crippen LogP contribution in [-0.4, -0.2) is 15.5 Å².